The first-order valence-corrected chi connectivity index (χ1v) is 14.3. The van der Waals surface area contributed by atoms with Crippen LogP contribution in [0.1, 0.15) is 47.7 Å². The standard InChI is InChI=1S/C26H25IO9S/c1-11(2)15-10-18(12(3)8-19(15)37(31,32)33)34-25(29)20-16-9-17-21(20)26(30)36-23(17)22(16)35-24(28)13-4-6-14(27)7-5-13/h4-8,10-11,16-17,20-23H,9H2,1-3H3,(H,31,32,33)/p-1. The average Bonchev–Trinajstić information content (AvgIpc) is 3.43. The first kappa shape index (κ1) is 26.1. The molecular weight excluding hydrogens is 615 g/mol. The fourth-order valence-electron chi connectivity index (χ4n) is 5.88. The second-order valence-electron chi connectivity index (χ2n) is 10.1. The molecule has 2 aromatic carbocycles. The lowest BCUT2D eigenvalue weighted by Crippen LogP contribution is -2.44. The third-order valence-corrected chi connectivity index (χ3v) is 9.16. The molecule has 9 nitrogen and oxygen atoms in total. The number of ether oxygens (including phenoxy) is 3. The van der Waals surface area contributed by atoms with Gasteiger partial charge in [0.2, 0.25) is 0 Å². The minimum atomic E-state index is -4.73. The molecule has 0 radical (unpaired) electrons. The number of halogens is 1. The smallest absolute Gasteiger partial charge is 0.338 e. The molecule has 6 unspecified atom stereocenters. The lowest BCUT2D eigenvalue weighted by Gasteiger charge is -2.30. The van der Waals surface area contributed by atoms with Gasteiger partial charge < -0.3 is 18.8 Å². The molecule has 1 aliphatic heterocycles. The zero-order chi connectivity index (χ0) is 26.8. The predicted molar refractivity (Wildman–Crippen MR) is 136 cm³/mol. The summed E-state index contributed by atoms with van der Waals surface area (Å²) < 4.78 is 53.2. The van der Waals surface area contributed by atoms with Gasteiger partial charge in [-0.15, -0.1) is 0 Å². The van der Waals surface area contributed by atoms with E-state index < -0.39 is 58.0 Å². The summed E-state index contributed by atoms with van der Waals surface area (Å²) in [5.41, 5.74) is 0.887. The fraction of sp³-hybridized carbons (Fsp3) is 0.423. The van der Waals surface area contributed by atoms with Crippen LogP contribution in [0.3, 0.4) is 0 Å². The Labute approximate surface area is 227 Å². The van der Waals surface area contributed by atoms with E-state index in [1.165, 1.54) is 19.1 Å². The van der Waals surface area contributed by atoms with E-state index in [1.807, 2.05) is 0 Å². The van der Waals surface area contributed by atoms with Crippen molar-refractivity contribution in [3.8, 4) is 5.75 Å². The van der Waals surface area contributed by atoms with Crippen LogP contribution < -0.4 is 4.74 Å². The number of hydrogen-bond acceptors (Lipinski definition) is 9. The summed E-state index contributed by atoms with van der Waals surface area (Å²) in [6.45, 7) is 4.98. The number of benzene rings is 2. The topological polar surface area (TPSA) is 136 Å². The summed E-state index contributed by atoms with van der Waals surface area (Å²) in [4.78, 5) is 38.6. The van der Waals surface area contributed by atoms with Crippen LogP contribution in [-0.2, 0) is 29.2 Å². The predicted octanol–water partition coefficient (Wildman–Crippen LogP) is 3.57. The van der Waals surface area contributed by atoms with E-state index in [0.717, 1.165) is 3.57 Å². The van der Waals surface area contributed by atoms with Gasteiger partial charge in [-0.05, 0) is 89.4 Å². The highest BCUT2D eigenvalue weighted by Gasteiger charge is 2.70. The van der Waals surface area contributed by atoms with E-state index in [1.54, 1.807) is 38.1 Å². The SMILES string of the molecule is Cc1cc(S(=O)(=O)[O-])c(C(C)C)cc1OC(=O)C1C2CC3C(OC(=O)C31)C2OC(=O)c1ccc(I)cc1. The maximum atomic E-state index is 13.4. The molecule has 3 aliphatic rings. The lowest BCUT2D eigenvalue weighted by atomic mass is 9.78. The Morgan fingerprint density at radius 3 is 2.43 bits per heavy atom. The number of carbonyl (C=O) groups excluding carboxylic acids is 3. The van der Waals surface area contributed by atoms with Crippen LogP contribution in [-0.4, -0.2) is 43.1 Å². The first-order chi connectivity index (χ1) is 17.4. The van der Waals surface area contributed by atoms with Crippen molar-refractivity contribution in [2.45, 2.75) is 50.2 Å². The largest absolute Gasteiger partial charge is 0.744 e. The van der Waals surface area contributed by atoms with E-state index in [0.29, 0.717) is 17.5 Å². The second-order valence-corrected chi connectivity index (χ2v) is 12.7. The third-order valence-electron chi connectivity index (χ3n) is 7.55. The number of esters is 3. The molecular formula is C26H24IO9S-. The zero-order valence-electron chi connectivity index (χ0n) is 20.2. The van der Waals surface area contributed by atoms with E-state index in [2.05, 4.69) is 22.6 Å². The Morgan fingerprint density at radius 2 is 1.81 bits per heavy atom. The van der Waals surface area contributed by atoms with Gasteiger partial charge in [-0.3, -0.25) is 9.59 Å². The van der Waals surface area contributed by atoms with Crippen LogP contribution in [0.25, 0.3) is 0 Å². The van der Waals surface area contributed by atoms with Crippen LogP contribution in [0.4, 0.5) is 0 Å². The van der Waals surface area contributed by atoms with Gasteiger partial charge in [0.05, 0.1) is 22.3 Å². The molecule has 0 aromatic heterocycles. The van der Waals surface area contributed by atoms with Crippen molar-refractivity contribution < 1.29 is 41.6 Å². The summed E-state index contributed by atoms with van der Waals surface area (Å²) >= 11 is 2.13. The van der Waals surface area contributed by atoms with Crippen molar-refractivity contribution in [3.05, 3.63) is 56.7 Å². The molecule has 0 spiro atoms. The Bertz CT molecular complexity index is 1400. The first-order valence-electron chi connectivity index (χ1n) is 11.9. The molecule has 1 saturated heterocycles. The molecule has 3 fully saturated rings. The molecule has 0 N–H and O–H groups in total. The summed E-state index contributed by atoms with van der Waals surface area (Å²) in [5, 5.41) is 0. The van der Waals surface area contributed by atoms with Gasteiger partial charge in [-0.1, -0.05) is 13.8 Å². The van der Waals surface area contributed by atoms with Crippen LogP contribution in [0.15, 0.2) is 41.3 Å². The quantitative estimate of drug-likeness (QED) is 0.201. The minimum absolute atomic E-state index is 0.110. The number of rotatable bonds is 6. The lowest BCUT2D eigenvalue weighted by molar-refractivity contribution is -0.149. The van der Waals surface area contributed by atoms with Crippen molar-refractivity contribution in [2.24, 2.45) is 23.7 Å². The summed E-state index contributed by atoms with van der Waals surface area (Å²) in [7, 11) is -4.73. The molecule has 1 heterocycles. The third kappa shape index (κ3) is 4.54. The van der Waals surface area contributed by atoms with E-state index in [9.17, 15) is 27.4 Å². The van der Waals surface area contributed by atoms with Crippen molar-refractivity contribution in [1.29, 1.82) is 0 Å². The number of carbonyl (C=O) groups is 3. The van der Waals surface area contributed by atoms with Gasteiger partial charge in [-0.25, -0.2) is 13.2 Å². The Morgan fingerprint density at radius 1 is 1.14 bits per heavy atom. The van der Waals surface area contributed by atoms with Crippen molar-refractivity contribution >= 4 is 50.6 Å². The van der Waals surface area contributed by atoms with E-state index in [4.69, 9.17) is 14.2 Å². The molecule has 2 aromatic rings. The van der Waals surface area contributed by atoms with Crippen molar-refractivity contribution in [3.63, 3.8) is 0 Å². The highest BCUT2D eigenvalue weighted by molar-refractivity contribution is 14.1. The molecule has 0 amide bonds. The monoisotopic (exact) mass is 639 g/mol. The molecule has 11 heteroatoms. The maximum absolute atomic E-state index is 13.4. The Hall–Kier alpha value is -2.51. The van der Waals surface area contributed by atoms with E-state index >= 15 is 0 Å². The molecule has 5 rings (SSSR count). The molecule has 196 valence electrons. The molecule has 2 bridgehead atoms. The van der Waals surface area contributed by atoms with Crippen molar-refractivity contribution in [1.82, 2.24) is 0 Å². The highest BCUT2D eigenvalue weighted by Crippen LogP contribution is 2.59. The Kier molecular flexibility index (Phi) is 6.60. The zero-order valence-corrected chi connectivity index (χ0v) is 23.1. The van der Waals surface area contributed by atoms with Crippen molar-refractivity contribution in [2.75, 3.05) is 0 Å². The van der Waals surface area contributed by atoms with Gasteiger partial charge in [0.15, 0.2) is 0 Å². The van der Waals surface area contributed by atoms with Gasteiger partial charge in [0.1, 0.15) is 28.1 Å². The fourth-order valence-corrected chi connectivity index (χ4v) is 7.14. The van der Waals surface area contributed by atoms with Gasteiger partial charge in [-0.2, -0.15) is 0 Å². The van der Waals surface area contributed by atoms with Crippen LogP contribution in [0.5, 0.6) is 5.75 Å². The Balaban J connectivity index is 1.41. The van der Waals surface area contributed by atoms with Gasteiger partial charge in [0, 0.05) is 15.4 Å². The summed E-state index contributed by atoms with van der Waals surface area (Å²) in [6.07, 6.45) is -0.901. The maximum Gasteiger partial charge on any atom is 0.338 e. The number of fused-ring (bicyclic) bond motifs is 1. The normalized spacial score (nSPS) is 27.9. The van der Waals surface area contributed by atoms with Crippen LogP contribution in [0.2, 0.25) is 0 Å². The summed E-state index contributed by atoms with van der Waals surface area (Å²) in [5.74, 6) is -4.26. The average molecular weight is 639 g/mol. The molecule has 2 saturated carbocycles. The second kappa shape index (κ2) is 9.35. The number of hydrogen-bond donors (Lipinski definition) is 0. The van der Waals surface area contributed by atoms with Crippen LogP contribution in [0, 0.1) is 34.2 Å². The van der Waals surface area contributed by atoms with Gasteiger partial charge in [0.25, 0.3) is 0 Å². The number of aryl methyl sites for hydroxylation is 1. The highest BCUT2D eigenvalue weighted by atomic mass is 127. The van der Waals surface area contributed by atoms with Gasteiger partial charge >= 0.3 is 17.9 Å². The molecule has 2 aliphatic carbocycles. The summed E-state index contributed by atoms with van der Waals surface area (Å²) in [6, 6.07) is 9.44. The van der Waals surface area contributed by atoms with Crippen LogP contribution >= 0.6 is 22.6 Å². The molecule has 37 heavy (non-hydrogen) atoms. The molecule has 6 atom stereocenters. The van der Waals surface area contributed by atoms with E-state index in [-0.39, 0.29) is 28.0 Å². The minimum Gasteiger partial charge on any atom is -0.744 e.